The van der Waals surface area contributed by atoms with Crippen molar-refractivity contribution in [2.75, 3.05) is 0 Å². The van der Waals surface area contributed by atoms with Gasteiger partial charge >= 0.3 is 0 Å². The van der Waals surface area contributed by atoms with Crippen LogP contribution in [0.2, 0.25) is 0 Å². The van der Waals surface area contributed by atoms with E-state index in [1.54, 1.807) is 0 Å². The van der Waals surface area contributed by atoms with E-state index in [1.807, 2.05) is 19.1 Å². The second-order valence-electron chi connectivity index (χ2n) is 2.49. The number of fused-ring (bicyclic) bond motifs is 1. The molecular weight excluding hydrogens is 126 g/mol. The van der Waals surface area contributed by atoms with Crippen molar-refractivity contribution in [1.82, 2.24) is 5.48 Å². The first kappa shape index (κ1) is 5.74. The van der Waals surface area contributed by atoms with Crippen molar-refractivity contribution in [3.05, 3.63) is 29.3 Å². The normalized spacial score (nSPS) is 14.5. The summed E-state index contributed by atoms with van der Waals surface area (Å²) in [7, 11) is 0. The molecule has 2 rings (SSSR count). The number of para-hydroxylation sites is 1. The number of benzene rings is 1. The number of hydrogen-bond acceptors (Lipinski definition) is 2. The van der Waals surface area contributed by atoms with E-state index in [0.29, 0.717) is 0 Å². The molecule has 1 aromatic rings. The zero-order chi connectivity index (χ0) is 6.97. The van der Waals surface area contributed by atoms with Crippen LogP contribution in [0, 0.1) is 6.92 Å². The monoisotopic (exact) mass is 135 g/mol. The number of hydroxylamine groups is 1. The van der Waals surface area contributed by atoms with Crippen LogP contribution in [0.3, 0.4) is 0 Å². The van der Waals surface area contributed by atoms with E-state index in [1.165, 1.54) is 11.1 Å². The molecule has 0 aromatic heterocycles. The lowest BCUT2D eigenvalue weighted by Crippen LogP contribution is -2.07. The van der Waals surface area contributed by atoms with Crippen molar-refractivity contribution in [3.63, 3.8) is 0 Å². The minimum Gasteiger partial charge on any atom is -0.408 e. The Labute approximate surface area is 59.8 Å². The lowest BCUT2D eigenvalue weighted by atomic mass is 10.1. The molecule has 1 heterocycles. The molecule has 0 fully saturated rings. The Bertz CT molecular complexity index is 257. The zero-order valence-corrected chi connectivity index (χ0v) is 5.85. The molecule has 2 nitrogen and oxygen atoms in total. The van der Waals surface area contributed by atoms with Crippen LogP contribution in [0.5, 0.6) is 5.75 Å². The molecule has 2 heteroatoms. The molecule has 0 amide bonds. The van der Waals surface area contributed by atoms with Gasteiger partial charge in [-0.25, -0.2) is 0 Å². The molecule has 52 valence electrons. The minimum absolute atomic E-state index is 0.830. The third kappa shape index (κ3) is 0.693. The van der Waals surface area contributed by atoms with Crippen molar-refractivity contribution in [2.45, 2.75) is 13.5 Å². The van der Waals surface area contributed by atoms with Gasteiger partial charge in [0.15, 0.2) is 5.75 Å². The molecule has 1 aliphatic heterocycles. The summed E-state index contributed by atoms with van der Waals surface area (Å²) < 4.78 is 0. The third-order valence-electron chi connectivity index (χ3n) is 1.73. The molecule has 1 aliphatic rings. The highest BCUT2D eigenvalue weighted by Crippen LogP contribution is 2.25. The van der Waals surface area contributed by atoms with Gasteiger partial charge in [0.25, 0.3) is 0 Å². The Morgan fingerprint density at radius 1 is 1.50 bits per heavy atom. The van der Waals surface area contributed by atoms with Gasteiger partial charge in [-0.15, -0.1) is 0 Å². The van der Waals surface area contributed by atoms with Crippen molar-refractivity contribution in [1.29, 1.82) is 0 Å². The average molecular weight is 135 g/mol. The second-order valence-corrected chi connectivity index (χ2v) is 2.49. The summed E-state index contributed by atoms with van der Waals surface area (Å²) in [6, 6.07) is 6.17. The third-order valence-corrected chi connectivity index (χ3v) is 1.73. The van der Waals surface area contributed by atoms with Crippen molar-refractivity contribution < 1.29 is 4.84 Å². The molecular formula is C8H9NO. The van der Waals surface area contributed by atoms with E-state index in [9.17, 15) is 0 Å². The summed E-state index contributed by atoms with van der Waals surface area (Å²) in [5.41, 5.74) is 5.28. The molecule has 1 aromatic carbocycles. The first-order valence-corrected chi connectivity index (χ1v) is 3.36. The van der Waals surface area contributed by atoms with Gasteiger partial charge in [0.1, 0.15) is 0 Å². The standard InChI is InChI=1S/C8H9NO/c1-6-3-2-4-7-5-9-10-8(6)7/h2-4,9H,5H2,1H3. The van der Waals surface area contributed by atoms with Gasteiger partial charge in [0.2, 0.25) is 0 Å². The molecule has 10 heavy (non-hydrogen) atoms. The first-order valence-electron chi connectivity index (χ1n) is 3.36. The first-order chi connectivity index (χ1) is 4.88. The number of nitrogens with one attached hydrogen (secondary N) is 1. The van der Waals surface area contributed by atoms with Crippen LogP contribution in [0.1, 0.15) is 11.1 Å². The van der Waals surface area contributed by atoms with E-state index >= 15 is 0 Å². The summed E-state index contributed by atoms with van der Waals surface area (Å²) >= 11 is 0. The second kappa shape index (κ2) is 1.99. The Morgan fingerprint density at radius 3 is 3.20 bits per heavy atom. The molecule has 0 bridgehead atoms. The maximum atomic E-state index is 5.18. The highest BCUT2D eigenvalue weighted by atomic mass is 16.7. The van der Waals surface area contributed by atoms with Crippen molar-refractivity contribution in [2.24, 2.45) is 0 Å². The quantitative estimate of drug-likeness (QED) is 0.580. The van der Waals surface area contributed by atoms with E-state index in [-0.39, 0.29) is 0 Å². The highest BCUT2D eigenvalue weighted by Gasteiger charge is 2.12. The molecule has 0 saturated heterocycles. The van der Waals surface area contributed by atoms with Gasteiger partial charge in [0, 0.05) is 5.56 Å². The zero-order valence-electron chi connectivity index (χ0n) is 5.85. The van der Waals surface area contributed by atoms with Gasteiger partial charge in [-0.1, -0.05) is 18.2 Å². The molecule has 1 N–H and O–H groups in total. The molecule has 0 spiro atoms. The number of aryl methyl sites for hydroxylation is 1. The van der Waals surface area contributed by atoms with Crippen LogP contribution in [0.4, 0.5) is 0 Å². The van der Waals surface area contributed by atoms with Gasteiger partial charge < -0.3 is 4.84 Å². The van der Waals surface area contributed by atoms with E-state index in [2.05, 4.69) is 11.5 Å². The van der Waals surface area contributed by atoms with Gasteiger partial charge in [-0.05, 0) is 12.5 Å². The fourth-order valence-electron chi connectivity index (χ4n) is 1.18. The van der Waals surface area contributed by atoms with Gasteiger partial charge in [-0.2, -0.15) is 5.48 Å². The summed E-state index contributed by atoms with van der Waals surface area (Å²) in [6.07, 6.45) is 0. The highest BCUT2D eigenvalue weighted by molar-refractivity contribution is 5.41. The lowest BCUT2D eigenvalue weighted by molar-refractivity contribution is 0.223. The molecule has 0 unspecified atom stereocenters. The molecule has 0 aliphatic carbocycles. The largest absolute Gasteiger partial charge is 0.408 e. The Balaban J connectivity index is 2.59. The van der Waals surface area contributed by atoms with E-state index in [4.69, 9.17) is 4.84 Å². The summed E-state index contributed by atoms with van der Waals surface area (Å²) in [4.78, 5) is 5.18. The van der Waals surface area contributed by atoms with Crippen molar-refractivity contribution >= 4 is 0 Å². The summed E-state index contributed by atoms with van der Waals surface area (Å²) in [5, 5.41) is 0. The maximum Gasteiger partial charge on any atom is 0.154 e. The number of rotatable bonds is 0. The predicted molar refractivity (Wildman–Crippen MR) is 38.6 cm³/mol. The Kier molecular flexibility index (Phi) is 1.14. The smallest absolute Gasteiger partial charge is 0.154 e. The summed E-state index contributed by atoms with van der Waals surface area (Å²) in [5.74, 6) is 1.00. The van der Waals surface area contributed by atoms with Crippen LogP contribution in [0.25, 0.3) is 0 Å². The van der Waals surface area contributed by atoms with Crippen LogP contribution >= 0.6 is 0 Å². The SMILES string of the molecule is Cc1cccc2c1ONC2. The van der Waals surface area contributed by atoms with Gasteiger partial charge in [0.05, 0.1) is 6.54 Å². The fourth-order valence-corrected chi connectivity index (χ4v) is 1.18. The molecule has 0 saturated carbocycles. The van der Waals surface area contributed by atoms with Crippen LogP contribution in [0.15, 0.2) is 18.2 Å². The Hall–Kier alpha value is -1.02. The molecule has 0 atom stereocenters. The predicted octanol–water partition coefficient (Wildman–Crippen LogP) is 1.39. The lowest BCUT2D eigenvalue weighted by Gasteiger charge is -1.98. The number of hydrogen-bond donors (Lipinski definition) is 1. The van der Waals surface area contributed by atoms with E-state index < -0.39 is 0 Å². The Morgan fingerprint density at radius 2 is 2.40 bits per heavy atom. The minimum atomic E-state index is 0.830. The summed E-state index contributed by atoms with van der Waals surface area (Å²) in [6.45, 7) is 2.88. The van der Waals surface area contributed by atoms with Crippen LogP contribution in [-0.4, -0.2) is 0 Å². The topological polar surface area (TPSA) is 21.3 Å². The molecule has 0 radical (unpaired) electrons. The van der Waals surface area contributed by atoms with Crippen LogP contribution < -0.4 is 10.3 Å². The van der Waals surface area contributed by atoms with Crippen molar-refractivity contribution in [3.8, 4) is 5.75 Å². The average Bonchev–Trinajstić information content (AvgIpc) is 2.36. The fraction of sp³-hybridized carbons (Fsp3) is 0.250. The maximum absolute atomic E-state index is 5.18. The van der Waals surface area contributed by atoms with E-state index in [0.717, 1.165) is 12.3 Å². The van der Waals surface area contributed by atoms with Gasteiger partial charge in [-0.3, -0.25) is 0 Å². The van der Waals surface area contributed by atoms with Crippen LogP contribution in [-0.2, 0) is 6.54 Å².